The lowest BCUT2D eigenvalue weighted by molar-refractivity contribution is -0.116. The number of hydrogen-bond donors (Lipinski definition) is 1. The van der Waals surface area contributed by atoms with E-state index >= 15 is 0 Å². The summed E-state index contributed by atoms with van der Waals surface area (Å²) in [5.74, 6) is 1.51. The Morgan fingerprint density at radius 2 is 1.63 bits per heavy atom. The number of ether oxygens (including phenoxy) is 2. The molecule has 30 heavy (non-hydrogen) atoms. The molecule has 2 rings (SSSR count). The normalized spacial score (nSPS) is 10.7. The maximum atomic E-state index is 12.5. The van der Waals surface area contributed by atoms with E-state index in [4.69, 9.17) is 9.47 Å². The minimum Gasteiger partial charge on any atom is -0.490 e. The third kappa shape index (κ3) is 8.02. The van der Waals surface area contributed by atoms with Gasteiger partial charge in [0.05, 0.1) is 18.9 Å². The molecule has 0 unspecified atom stereocenters. The molecule has 0 atom stereocenters. The van der Waals surface area contributed by atoms with Crippen molar-refractivity contribution in [3.05, 3.63) is 52.0 Å². The van der Waals surface area contributed by atoms with Gasteiger partial charge in [-0.05, 0) is 83.9 Å². The van der Waals surface area contributed by atoms with Crippen molar-refractivity contribution < 1.29 is 14.3 Å². The van der Waals surface area contributed by atoms with Crippen molar-refractivity contribution in [2.75, 3.05) is 18.5 Å². The largest absolute Gasteiger partial charge is 0.490 e. The molecule has 0 bridgehead atoms. The van der Waals surface area contributed by atoms with E-state index in [1.807, 2.05) is 31.2 Å². The highest BCUT2D eigenvalue weighted by molar-refractivity contribution is 9.10. The van der Waals surface area contributed by atoms with Crippen molar-refractivity contribution in [3.8, 4) is 11.5 Å². The average molecular weight is 476 g/mol. The SMILES string of the molecule is CCCCOc1ccc(CCC(=O)Nc2ccc(CCCC)cc2Br)cc1OCC. The van der Waals surface area contributed by atoms with Crippen LogP contribution < -0.4 is 14.8 Å². The Hall–Kier alpha value is -2.01. The highest BCUT2D eigenvalue weighted by atomic mass is 79.9. The molecule has 2 aromatic carbocycles. The van der Waals surface area contributed by atoms with Crippen LogP contribution in [0, 0.1) is 0 Å². The Kier molecular flexibility index (Phi) is 10.8. The number of amides is 1. The van der Waals surface area contributed by atoms with Crippen LogP contribution in [0.25, 0.3) is 0 Å². The molecular weight excluding hydrogens is 442 g/mol. The van der Waals surface area contributed by atoms with E-state index in [1.165, 1.54) is 18.4 Å². The zero-order chi connectivity index (χ0) is 21.8. The second-order valence-corrected chi connectivity index (χ2v) is 8.24. The molecule has 0 aromatic heterocycles. The standard InChI is InChI=1S/C25H34BrNO3/c1-4-7-9-19-10-13-22(21(26)17-19)27-25(28)15-12-20-11-14-23(30-16-8-5-2)24(18-20)29-6-3/h10-11,13-14,17-18H,4-9,12,15-16H2,1-3H3,(H,27,28). The van der Waals surface area contributed by atoms with Crippen molar-refractivity contribution in [3.63, 3.8) is 0 Å². The summed E-state index contributed by atoms with van der Waals surface area (Å²) in [5, 5.41) is 3.01. The number of nitrogens with one attached hydrogen (secondary N) is 1. The molecule has 2 aromatic rings. The maximum Gasteiger partial charge on any atom is 0.224 e. The van der Waals surface area contributed by atoms with Crippen LogP contribution in [-0.4, -0.2) is 19.1 Å². The van der Waals surface area contributed by atoms with Crippen LogP contribution in [0.1, 0.15) is 64.0 Å². The first-order valence-electron chi connectivity index (χ1n) is 11.0. The van der Waals surface area contributed by atoms with Gasteiger partial charge in [0, 0.05) is 10.9 Å². The van der Waals surface area contributed by atoms with E-state index < -0.39 is 0 Å². The van der Waals surface area contributed by atoms with Crippen LogP contribution in [0.15, 0.2) is 40.9 Å². The maximum absolute atomic E-state index is 12.5. The number of hydrogen-bond acceptors (Lipinski definition) is 3. The molecule has 0 heterocycles. The van der Waals surface area contributed by atoms with Crippen molar-refractivity contribution in [1.29, 1.82) is 0 Å². The Bertz CT molecular complexity index is 807. The van der Waals surface area contributed by atoms with Gasteiger partial charge in [0.15, 0.2) is 11.5 Å². The first-order chi connectivity index (χ1) is 14.6. The van der Waals surface area contributed by atoms with Gasteiger partial charge in [-0.1, -0.05) is 38.8 Å². The topological polar surface area (TPSA) is 47.6 Å². The minimum absolute atomic E-state index is 0.00163. The third-order valence-electron chi connectivity index (χ3n) is 4.83. The fourth-order valence-electron chi connectivity index (χ4n) is 3.09. The van der Waals surface area contributed by atoms with Crippen LogP contribution in [-0.2, 0) is 17.6 Å². The van der Waals surface area contributed by atoms with Gasteiger partial charge in [0.2, 0.25) is 5.91 Å². The van der Waals surface area contributed by atoms with Crippen molar-refractivity contribution in [1.82, 2.24) is 0 Å². The second-order valence-electron chi connectivity index (χ2n) is 7.38. The lowest BCUT2D eigenvalue weighted by Crippen LogP contribution is -2.13. The van der Waals surface area contributed by atoms with Gasteiger partial charge in [0.1, 0.15) is 0 Å². The summed E-state index contributed by atoms with van der Waals surface area (Å²) in [6.45, 7) is 7.55. The summed E-state index contributed by atoms with van der Waals surface area (Å²) >= 11 is 3.58. The van der Waals surface area contributed by atoms with E-state index in [1.54, 1.807) is 0 Å². The molecule has 164 valence electrons. The Labute approximate surface area is 189 Å². The number of anilines is 1. The number of benzene rings is 2. The van der Waals surface area contributed by atoms with Crippen molar-refractivity contribution in [2.24, 2.45) is 0 Å². The molecule has 1 N–H and O–H groups in total. The average Bonchev–Trinajstić information content (AvgIpc) is 2.74. The lowest BCUT2D eigenvalue weighted by atomic mass is 10.1. The molecule has 0 saturated heterocycles. The molecule has 0 aliphatic carbocycles. The number of carbonyl (C=O) groups excluding carboxylic acids is 1. The predicted molar refractivity (Wildman–Crippen MR) is 128 cm³/mol. The van der Waals surface area contributed by atoms with E-state index in [0.717, 1.165) is 46.5 Å². The monoisotopic (exact) mass is 475 g/mol. The van der Waals surface area contributed by atoms with E-state index in [9.17, 15) is 4.79 Å². The Morgan fingerprint density at radius 3 is 2.33 bits per heavy atom. The fraction of sp³-hybridized carbons (Fsp3) is 0.480. The summed E-state index contributed by atoms with van der Waals surface area (Å²) in [6, 6.07) is 12.1. The number of carbonyl (C=O) groups is 1. The van der Waals surface area contributed by atoms with Gasteiger partial charge in [-0.15, -0.1) is 0 Å². The van der Waals surface area contributed by atoms with Gasteiger partial charge >= 0.3 is 0 Å². The number of rotatable bonds is 13. The zero-order valence-electron chi connectivity index (χ0n) is 18.4. The zero-order valence-corrected chi connectivity index (χ0v) is 20.0. The predicted octanol–water partition coefficient (Wildman–Crippen LogP) is 6.94. The highest BCUT2D eigenvalue weighted by Gasteiger charge is 2.10. The van der Waals surface area contributed by atoms with Gasteiger partial charge < -0.3 is 14.8 Å². The summed E-state index contributed by atoms with van der Waals surface area (Å²) in [4.78, 5) is 12.5. The van der Waals surface area contributed by atoms with E-state index in [2.05, 4.69) is 47.2 Å². The van der Waals surface area contributed by atoms with E-state index in [0.29, 0.717) is 26.1 Å². The number of unbranched alkanes of at least 4 members (excludes halogenated alkanes) is 2. The fourth-order valence-corrected chi connectivity index (χ4v) is 3.61. The van der Waals surface area contributed by atoms with Crippen molar-refractivity contribution in [2.45, 2.75) is 65.7 Å². The molecule has 0 spiro atoms. The molecule has 0 radical (unpaired) electrons. The smallest absolute Gasteiger partial charge is 0.224 e. The lowest BCUT2D eigenvalue weighted by Gasteiger charge is -2.13. The Morgan fingerprint density at radius 1 is 0.900 bits per heavy atom. The molecule has 4 nitrogen and oxygen atoms in total. The highest BCUT2D eigenvalue weighted by Crippen LogP contribution is 2.29. The first kappa shape index (κ1) is 24.3. The molecule has 1 amide bonds. The van der Waals surface area contributed by atoms with Crippen LogP contribution in [0.2, 0.25) is 0 Å². The van der Waals surface area contributed by atoms with Crippen LogP contribution >= 0.6 is 15.9 Å². The minimum atomic E-state index is -0.00163. The molecule has 5 heteroatoms. The Balaban J connectivity index is 1.92. The van der Waals surface area contributed by atoms with Crippen LogP contribution in [0.5, 0.6) is 11.5 Å². The molecular formula is C25H34BrNO3. The third-order valence-corrected chi connectivity index (χ3v) is 5.49. The summed E-state index contributed by atoms with van der Waals surface area (Å²) < 4.78 is 12.5. The van der Waals surface area contributed by atoms with Crippen LogP contribution in [0.3, 0.4) is 0 Å². The molecule has 0 aliphatic heterocycles. The van der Waals surface area contributed by atoms with Gasteiger partial charge in [-0.3, -0.25) is 4.79 Å². The molecule has 0 aliphatic rings. The second kappa shape index (κ2) is 13.3. The van der Waals surface area contributed by atoms with Crippen LogP contribution in [0.4, 0.5) is 5.69 Å². The summed E-state index contributed by atoms with van der Waals surface area (Å²) in [5.41, 5.74) is 3.16. The molecule has 0 fully saturated rings. The van der Waals surface area contributed by atoms with Gasteiger partial charge in [-0.2, -0.15) is 0 Å². The quantitative estimate of drug-likeness (QED) is 0.319. The number of aryl methyl sites for hydroxylation is 2. The summed E-state index contributed by atoms with van der Waals surface area (Å²) in [6.07, 6.45) is 6.57. The van der Waals surface area contributed by atoms with Gasteiger partial charge in [-0.25, -0.2) is 0 Å². The first-order valence-corrected chi connectivity index (χ1v) is 11.8. The van der Waals surface area contributed by atoms with Crippen molar-refractivity contribution >= 4 is 27.5 Å². The summed E-state index contributed by atoms with van der Waals surface area (Å²) in [7, 11) is 0. The number of halogens is 1. The van der Waals surface area contributed by atoms with E-state index in [-0.39, 0.29) is 5.91 Å². The molecule has 0 saturated carbocycles. The van der Waals surface area contributed by atoms with Gasteiger partial charge in [0.25, 0.3) is 0 Å².